The van der Waals surface area contributed by atoms with Gasteiger partial charge in [0.1, 0.15) is 17.0 Å². The van der Waals surface area contributed by atoms with Gasteiger partial charge in [0.05, 0.1) is 12.5 Å². The summed E-state index contributed by atoms with van der Waals surface area (Å²) in [6, 6.07) is 4.79. The van der Waals surface area contributed by atoms with Gasteiger partial charge in [-0.3, -0.25) is 4.79 Å². The first-order chi connectivity index (χ1) is 13.1. The van der Waals surface area contributed by atoms with Gasteiger partial charge in [0.15, 0.2) is 0 Å². The van der Waals surface area contributed by atoms with Gasteiger partial charge in [-0.25, -0.2) is 4.79 Å². The first-order valence-electron chi connectivity index (χ1n) is 9.91. The lowest BCUT2D eigenvalue weighted by molar-refractivity contribution is -0.155. The SMILES string of the molecule is CC(C)Oc1ccc(N)cc1C[C@@H](CC(=O)OC(C)(C)C)NC(=O)OC(C)(C)C. The lowest BCUT2D eigenvalue weighted by Crippen LogP contribution is -2.42. The summed E-state index contributed by atoms with van der Waals surface area (Å²) in [6.07, 6.45) is -0.292. The number of carbonyl (C=O) groups excluding carboxylic acids is 2. The third-order valence-corrected chi connectivity index (χ3v) is 3.47. The van der Waals surface area contributed by atoms with Crippen molar-refractivity contribution in [1.82, 2.24) is 5.32 Å². The minimum Gasteiger partial charge on any atom is -0.491 e. The Kier molecular flexibility index (Phi) is 8.36. The maximum Gasteiger partial charge on any atom is 0.407 e. The molecule has 7 nitrogen and oxygen atoms in total. The first kappa shape index (κ1) is 24.6. The molecule has 0 saturated heterocycles. The Morgan fingerprint density at radius 2 is 1.62 bits per heavy atom. The molecule has 0 fully saturated rings. The predicted octanol–water partition coefficient (Wildman–Crippen LogP) is 4.22. The molecule has 0 aliphatic rings. The largest absolute Gasteiger partial charge is 0.491 e. The minimum atomic E-state index is -0.649. The van der Waals surface area contributed by atoms with E-state index in [9.17, 15) is 9.59 Å². The molecule has 3 N–H and O–H groups in total. The lowest BCUT2D eigenvalue weighted by atomic mass is 10.0. The van der Waals surface area contributed by atoms with Crippen molar-refractivity contribution in [1.29, 1.82) is 0 Å². The molecule has 0 bridgehead atoms. The van der Waals surface area contributed by atoms with E-state index in [0.29, 0.717) is 17.9 Å². The Balaban J connectivity index is 3.06. The highest BCUT2D eigenvalue weighted by Crippen LogP contribution is 2.25. The van der Waals surface area contributed by atoms with E-state index in [0.717, 1.165) is 5.56 Å². The molecule has 1 aromatic carbocycles. The van der Waals surface area contributed by atoms with Crippen molar-refractivity contribution in [2.24, 2.45) is 0 Å². The summed E-state index contributed by atoms with van der Waals surface area (Å²) in [6.45, 7) is 14.6. The Labute approximate surface area is 174 Å². The third kappa shape index (κ3) is 10.6. The summed E-state index contributed by atoms with van der Waals surface area (Å²) < 4.78 is 16.6. The fourth-order valence-corrected chi connectivity index (χ4v) is 2.63. The predicted molar refractivity (Wildman–Crippen MR) is 114 cm³/mol. The lowest BCUT2D eigenvalue weighted by Gasteiger charge is -2.26. The molecule has 7 heteroatoms. The highest BCUT2D eigenvalue weighted by molar-refractivity contribution is 5.73. The van der Waals surface area contributed by atoms with E-state index in [1.807, 2.05) is 13.8 Å². The summed E-state index contributed by atoms with van der Waals surface area (Å²) >= 11 is 0. The van der Waals surface area contributed by atoms with Crippen LogP contribution >= 0.6 is 0 Å². The van der Waals surface area contributed by atoms with Gasteiger partial charge < -0.3 is 25.3 Å². The van der Waals surface area contributed by atoms with Crippen LogP contribution in [0.1, 0.15) is 67.4 Å². The monoisotopic (exact) mass is 408 g/mol. The molecule has 164 valence electrons. The zero-order valence-corrected chi connectivity index (χ0v) is 18.9. The zero-order valence-electron chi connectivity index (χ0n) is 18.9. The van der Waals surface area contributed by atoms with Crippen LogP contribution in [0.2, 0.25) is 0 Å². The van der Waals surface area contributed by atoms with Crippen molar-refractivity contribution in [3.63, 3.8) is 0 Å². The fourth-order valence-electron chi connectivity index (χ4n) is 2.63. The number of carbonyl (C=O) groups is 2. The number of nitrogens with one attached hydrogen (secondary N) is 1. The molecule has 1 aromatic rings. The number of anilines is 1. The van der Waals surface area contributed by atoms with Crippen LogP contribution in [0, 0.1) is 0 Å². The van der Waals surface area contributed by atoms with E-state index in [2.05, 4.69) is 5.32 Å². The molecule has 1 rings (SSSR count). The molecule has 1 amide bonds. The van der Waals surface area contributed by atoms with Gasteiger partial charge in [-0.1, -0.05) is 0 Å². The normalized spacial score (nSPS) is 13.0. The van der Waals surface area contributed by atoms with E-state index >= 15 is 0 Å². The van der Waals surface area contributed by atoms with Crippen molar-refractivity contribution in [3.05, 3.63) is 23.8 Å². The van der Waals surface area contributed by atoms with Crippen molar-refractivity contribution >= 4 is 17.7 Å². The number of hydrogen-bond donors (Lipinski definition) is 2. The molecule has 0 saturated carbocycles. The highest BCUT2D eigenvalue weighted by atomic mass is 16.6. The van der Waals surface area contributed by atoms with Crippen LogP contribution in [-0.4, -0.2) is 35.4 Å². The van der Waals surface area contributed by atoms with Crippen LogP contribution in [0.15, 0.2) is 18.2 Å². The number of nitrogen functional groups attached to an aromatic ring is 1. The third-order valence-electron chi connectivity index (χ3n) is 3.47. The molecule has 1 atom stereocenters. The molecule has 0 heterocycles. The number of amides is 1. The van der Waals surface area contributed by atoms with E-state index in [1.54, 1.807) is 59.7 Å². The maximum absolute atomic E-state index is 12.4. The number of esters is 1. The maximum atomic E-state index is 12.4. The molecule has 0 aromatic heterocycles. The Morgan fingerprint density at radius 3 is 2.14 bits per heavy atom. The number of alkyl carbamates (subject to hydrolysis) is 1. The molecule has 0 unspecified atom stereocenters. The van der Waals surface area contributed by atoms with Gasteiger partial charge in [0.25, 0.3) is 0 Å². The highest BCUT2D eigenvalue weighted by Gasteiger charge is 2.25. The summed E-state index contributed by atoms with van der Waals surface area (Å²) in [7, 11) is 0. The van der Waals surface area contributed by atoms with Gasteiger partial charge in [-0.2, -0.15) is 0 Å². The number of hydrogen-bond acceptors (Lipinski definition) is 6. The van der Waals surface area contributed by atoms with Crippen molar-refractivity contribution in [3.8, 4) is 5.75 Å². The van der Waals surface area contributed by atoms with Gasteiger partial charge >= 0.3 is 12.1 Å². The molecule has 29 heavy (non-hydrogen) atoms. The minimum absolute atomic E-state index is 0.00751. The van der Waals surface area contributed by atoms with Crippen LogP contribution in [0.25, 0.3) is 0 Å². The Morgan fingerprint density at radius 1 is 1.03 bits per heavy atom. The average molecular weight is 409 g/mol. The first-order valence-corrected chi connectivity index (χ1v) is 9.91. The second kappa shape index (κ2) is 9.85. The van der Waals surface area contributed by atoms with Gasteiger partial charge in [-0.05, 0) is 85.6 Å². The fraction of sp³-hybridized carbons (Fsp3) is 0.636. The summed E-state index contributed by atoms with van der Waals surface area (Å²) in [5.41, 5.74) is 6.05. The standard InChI is InChI=1S/C22H36N2O5/c1-14(2)27-18-10-9-16(23)11-15(18)12-17(13-19(25)28-21(3,4)5)24-20(26)29-22(6,7)8/h9-11,14,17H,12-13,23H2,1-8H3,(H,24,26)/t17-/m0/s1. The quantitative estimate of drug-likeness (QED) is 0.517. The van der Waals surface area contributed by atoms with Crippen LogP contribution in [0.3, 0.4) is 0 Å². The number of rotatable bonds is 7. The Bertz CT molecular complexity index is 672. The Hall–Kier alpha value is -2.44. The number of benzene rings is 1. The van der Waals surface area contributed by atoms with E-state index in [4.69, 9.17) is 19.9 Å². The summed E-state index contributed by atoms with van der Waals surface area (Å²) in [4.78, 5) is 24.7. The van der Waals surface area contributed by atoms with Gasteiger partial charge in [0.2, 0.25) is 0 Å². The smallest absolute Gasteiger partial charge is 0.407 e. The van der Waals surface area contributed by atoms with Crippen molar-refractivity contribution < 1.29 is 23.8 Å². The summed E-state index contributed by atoms with van der Waals surface area (Å²) in [5.74, 6) is 0.253. The molecular weight excluding hydrogens is 372 g/mol. The molecule has 0 spiro atoms. The van der Waals surface area contributed by atoms with Crippen molar-refractivity contribution in [2.45, 2.75) is 91.6 Å². The van der Waals surface area contributed by atoms with E-state index in [-0.39, 0.29) is 12.5 Å². The van der Waals surface area contributed by atoms with Gasteiger partial charge in [0, 0.05) is 11.7 Å². The summed E-state index contributed by atoms with van der Waals surface area (Å²) in [5, 5.41) is 2.78. The van der Waals surface area contributed by atoms with Crippen LogP contribution in [-0.2, 0) is 20.7 Å². The second-order valence-corrected chi connectivity index (χ2v) is 9.37. The van der Waals surface area contributed by atoms with Gasteiger partial charge in [-0.15, -0.1) is 0 Å². The number of nitrogens with two attached hydrogens (primary N) is 1. The van der Waals surface area contributed by atoms with E-state index < -0.39 is 29.3 Å². The molecular formula is C22H36N2O5. The molecule has 0 aliphatic carbocycles. The van der Waals surface area contributed by atoms with Crippen LogP contribution in [0.4, 0.5) is 10.5 Å². The molecule has 0 aliphatic heterocycles. The average Bonchev–Trinajstić information content (AvgIpc) is 2.45. The van der Waals surface area contributed by atoms with Crippen LogP contribution in [0.5, 0.6) is 5.75 Å². The number of ether oxygens (including phenoxy) is 3. The van der Waals surface area contributed by atoms with Crippen LogP contribution < -0.4 is 15.8 Å². The zero-order chi connectivity index (χ0) is 22.4. The van der Waals surface area contributed by atoms with Crippen molar-refractivity contribution in [2.75, 3.05) is 5.73 Å². The second-order valence-electron chi connectivity index (χ2n) is 9.37. The topological polar surface area (TPSA) is 99.9 Å². The van der Waals surface area contributed by atoms with E-state index in [1.165, 1.54) is 0 Å². The molecule has 0 radical (unpaired) electrons.